The van der Waals surface area contributed by atoms with E-state index < -0.39 is 5.97 Å². The number of anilines is 1. The van der Waals surface area contributed by atoms with Crippen LogP contribution in [0.5, 0.6) is 0 Å². The quantitative estimate of drug-likeness (QED) is 0.908. The normalized spacial score (nSPS) is 23.1. The Kier molecular flexibility index (Phi) is 4.35. The number of aromatic carboxylic acids is 1. The van der Waals surface area contributed by atoms with E-state index in [-0.39, 0.29) is 0 Å². The fourth-order valence-corrected chi connectivity index (χ4v) is 3.19. The maximum absolute atomic E-state index is 11.3. The van der Waals surface area contributed by atoms with Crippen LogP contribution in [-0.2, 0) is 0 Å². The first-order valence-electron chi connectivity index (χ1n) is 6.76. The van der Waals surface area contributed by atoms with Crippen molar-refractivity contribution >= 4 is 23.3 Å². The van der Waals surface area contributed by atoms with Gasteiger partial charge in [-0.25, -0.2) is 4.79 Å². The molecule has 3 nitrogen and oxygen atoms in total. The van der Waals surface area contributed by atoms with Gasteiger partial charge in [0.05, 0.1) is 11.3 Å². The van der Waals surface area contributed by atoms with E-state index in [1.165, 1.54) is 19.3 Å². The van der Waals surface area contributed by atoms with Gasteiger partial charge in [-0.3, -0.25) is 0 Å². The highest BCUT2D eigenvalue weighted by Gasteiger charge is 2.27. The molecule has 1 aliphatic carbocycles. The summed E-state index contributed by atoms with van der Waals surface area (Å²) in [5, 5.41) is 9.88. The van der Waals surface area contributed by atoms with Gasteiger partial charge in [0.15, 0.2) is 0 Å². The summed E-state index contributed by atoms with van der Waals surface area (Å²) in [6, 6.07) is 5.37. The van der Waals surface area contributed by atoms with Gasteiger partial charge < -0.3 is 10.0 Å². The largest absolute Gasteiger partial charge is 0.478 e. The first kappa shape index (κ1) is 14.2. The molecule has 2 atom stereocenters. The van der Waals surface area contributed by atoms with Crippen molar-refractivity contribution in [3.8, 4) is 0 Å². The van der Waals surface area contributed by atoms with Crippen molar-refractivity contribution in [1.82, 2.24) is 0 Å². The first-order valence-corrected chi connectivity index (χ1v) is 7.14. The van der Waals surface area contributed by atoms with Gasteiger partial charge in [0.25, 0.3) is 0 Å². The van der Waals surface area contributed by atoms with Gasteiger partial charge in [0.1, 0.15) is 0 Å². The second-order valence-electron chi connectivity index (χ2n) is 5.41. The zero-order chi connectivity index (χ0) is 14.0. The standard InChI is InChI=1S/C15H20ClNO2/c1-10-5-3-4-6-13(10)17(2)14-9-11(16)7-8-12(14)15(18)19/h7-10,13H,3-6H2,1-2H3,(H,18,19). The molecule has 0 aromatic heterocycles. The molecule has 0 spiro atoms. The fourth-order valence-electron chi connectivity index (χ4n) is 3.03. The number of carboxylic acids is 1. The molecule has 0 radical (unpaired) electrons. The summed E-state index contributed by atoms with van der Waals surface area (Å²) in [5.41, 5.74) is 1.04. The topological polar surface area (TPSA) is 40.5 Å². The second-order valence-corrected chi connectivity index (χ2v) is 5.84. The van der Waals surface area contributed by atoms with Crippen molar-refractivity contribution < 1.29 is 9.90 Å². The molecule has 0 amide bonds. The molecule has 0 bridgehead atoms. The van der Waals surface area contributed by atoms with Gasteiger partial charge in [-0.05, 0) is 37.0 Å². The third kappa shape index (κ3) is 3.03. The van der Waals surface area contributed by atoms with Gasteiger partial charge in [-0.2, -0.15) is 0 Å². The van der Waals surface area contributed by atoms with Crippen LogP contribution in [-0.4, -0.2) is 24.2 Å². The molecule has 1 saturated carbocycles. The molecule has 2 unspecified atom stereocenters. The molecule has 1 aliphatic rings. The minimum Gasteiger partial charge on any atom is -0.478 e. The molecule has 1 aromatic carbocycles. The van der Waals surface area contributed by atoms with Crippen molar-refractivity contribution in [1.29, 1.82) is 0 Å². The van der Waals surface area contributed by atoms with Crippen LogP contribution < -0.4 is 4.90 Å². The molecule has 19 heavy (non-hydrogen) atoms. The lowest BCUT2D eigenvalue weighted by Crippen LogP contribution is -2.39. The number of carbonyl (C=O) groups is 1. The molecule has 0 saturated heterocycles. The highest BCUT2D eigenvalue weighted by Crippen LogP contribution is 2.33. The minimum absolute atomic E-state index is 0.324. The van der Waals surface area contributed by atoms with Gasteiger partial charge in [0, 0.05) is 18.1 Å². The molecule has 2 rings (SSSR count). The fraction of sp³-hybridized carbons (Fsp3) is 0.533. The number of carboxylic acid groups (broad SMARTS) is 1. The van der Waals surface area contributed by atoms with Crippen molar-refractivity contribution in [3.05, 3.63) is 28.8 Å². The van der Waals surface area contributed by atoms with Gasteiger partial charge in [-0.15, -0.1) is 0 Å². The van der Waals surface area contributed by atoms with E-state index in [2.05, 4.69) is 11.8 Å². The Morgan fingerprint density at radius 1 is 1.37 bits per heavy atom. The minimum atomic E-state index is -0.901. The Balaban J connectivity index is 2.34. The SMILES string of the molecule is CC1CCCCC1N(C)c1cc(Cl)ccc1C(=O)O. The summed E-state index contributed by atoms with van der Waals surface area (Å²) in [6.45, 7) is 2.24. The maximum atomic E-state index is 11.3. The molecular weight excluding hydrogens is 262 g/mol. The van der Waals surface area contributed by atoms with Crippen LogP contribution in [0, 0.1) is 5.92 Å². The van der Waals surface area contributed by atoms with Crippen LogP contribution >= 0.6 is 11.6 Å². The number of halogens is 1. The van der Waals surface area contributed by atoms with Crippen LogP contribution in [0.1, 0.15) is 43.0 Å². The Morgan fingerprint density at radius 3 is 2.68 bits per heavy atom. The second kappa shape index (κ2) is 5.83. The molecule has 0 heterocycles. The van der Waals surface area contributed by atoms with Gasteiger partial charge >= 0.3 is 5.97 Å². The number of nitrogens with zero attached hydrogens (tertiary/aromatic N) is 1. The van der Waals surface area contributed by atoms with E-state index in [4.69, 9.17) is 11.6 Å². The van der Waals surface area contributed by atoms with Crippen molar-refractivity contribution in [2.75, 3.05) is 11.9 Å². The Hall–Kier alpha value is -1.22. The lowest BCUT2D eigenvalue weighted by atomic mass is 9.84. The first-order chi connectivity index (χ1) is 9.00. The highest BCUT2D eigenvalue weighted by molar-refractivity contribution is 6.31. The predicted molar refractivity (Wildman–Crippen MR) is 78.2 cm³/mol. The lowest BCUT2D eigenvalue weighted by Gasteiger charge is -2.38. The van der Waals surface area contributed by atoms with Crippen LogP contribution in [0.3, 0.4) is 0 Å². The lowest BCUT2D eigenvalue weighted by molar-refractivity contribution is 0.0697. The summed E-state index contributed by atoms with van der Waals surface area (Å²) in [5.74, 6) is -0.318. The van der Waals surface area contributed by atoms with E-state index in [1.807, 2.05) is 7.05 Å². The summed E-state index contributed by atoms with van der Waals surface area (Å²) in [7, 11) is 1.98. The monoisotopic (exact) mass is 281 g/mol. The van der Waals surface area contributed by atoms with Crippen LogP contribution in [0.2, 0.25) is 5.02 Å². The Bertz CT molecular complexity index is 475. The molecule has 104 valence electrons. The smallest absolute Gasteiger partial charge is 0.337 e. The molecular formula is C15H20ClNO2. The van der Waals surface area contributed by atoms with Gasteiger partial charge in [0.2, 0.25) is 0 Å². The molecule has 4 heteroatoms. The van der Waals surface area contributed by atoms with Crippen LogP contribution in [0.4, 0.5) is 5.69 Å². The number of hydrogen-bond donors (Lipinski definition) is 1. The van der Waals surface area contributed by atoms with E-state index in [9.17, 15) is 9.90 Å². The highest BCUT2D eigenvalue weighted by atomic mass is 35.5. The van der Waals surface area contributed by atoms with E-state index in [1.54, 1.807) is 18.2 Å². The van der Waals surface area contributed by atoms with E-state index in [0.717, 1.165) is 12.1 Å². The summed E-state index contributed by atoms with van der Waals surface area (Å²) in [4.78, 5) is 13.4. The summed E-state index contributed by atoms with van der Waals surface area (Å²) in [6.07, 6.45) is 4.80. The van der Waals surface area contributed by atoms with Gasteiger partial charge in [-0.1, -0.05) is 31.4 Å². The average Bonchev–Trinajstić information content (AvgIpc) is 2.38. The Labute approximate surface area is 119 Å². The average molecular weight is 282 g/mol. The summed E-state index contributed by atoms with van der Waals surface area (Å²) >= 11 is 6.02. The Morgan fingerprint density at radius 2 is 2.05 bits per heavy atom. The maximum Gasteiger partial charge on any atom is 0.337 e. The zero-order valence-corrected chi connectivity index (χ0v) is 12.2. The van der Waals surface area contributed by atoms with Crippen LogP contribution in [0.25, 0.3) is 0 Å². The molecule has 1 N–H and O–H groups in total. The summed E-state index contributed by atoms with van der Waals surface area (Å²) < 4.78 is 0. The van der Waals surface area contributed by atoms with Crippen molar-refractivity contribution in [2.24, 2.45) is 5.92 Å². The molecule has 0 aliphatic heterocycles. The third-order valence-electron chi connectivity index (χ3n) is 4.13. The number of hydrogen-bond acceptors (Lipinski definition) is 2. The van der Waals surface area contributed by atoms with Crippen LogP contribution in [0.15, 0.2) is 18.2 Å². The molecule has 1 aromatic rings. The van der Waals surface area contributed by atoms with E-state index >= 15 is 0 Å². The number of benzene rings is 1. The predicted octanol–water partition coefficient (Wildman–Crippen LogP) is 4.05. The van der Waals surface area contributed by atoms with Crippen molar-refractivity contribution in [3.63, 3.8) is 0 Å². The third-order valence-corrected chi connectivity index (χ3v) is 4.37. The number of rotatable bonds is 3. The zero-order valence-electron chi connectivity index (χ0n) is 11.4. The van der Waals surface area contributed by atoms with E-state index in [0.29, 0.717) is 22.5 Å². The molecule has 1 fully saturated rings. The van der Waals surface area contributed by atoms with Crippen molar-refractivity contribution in [2.45, 2.75) is 38.6 Å².